The standard InChI is InChI=1S/C18H26NO6P/c1-4-24-26(21,25-5-2)12-15-14(10-19-16(15)11-23-18(19)20)13-8-6-7-9-17(13)22-3/h6-9,14-16H,4-5,10-12H2,1-3H3/t14-,15-,16-/m0/s1. The number of hydrogen-bond donors (Lipinski definition) is 0. The number of rotatable bonds is 8. The van der Waals surface area contributed by atoms with Crippen LogP contribution in [0.2, 0.25) is 0 Å². The van der Waals surface area contributed by atoms with E-state index in [-0.39, 0.29) is 30.1 Å². The molecule has 2 heterocycles. The first-order valence-electron chi connectivity index (χ1n) is 8.97. The zero-order chi connectivity index (χ0) is 18.7. The first-order valence-corrected chi connectivity index (χ1v) is 10.7. The van der Waals surface area contributed by atoms with Crippen molar-refractivity contribution in [3.8, 4) is 5.75 Å². The monoisotopic (exact) mass is 383 g/mol. The molecule has 0 spiro atoms. The lowest BCUT2D eigenvalue weighted by Crippen LogP contribution is -2.32. The van der Waals surface area contributed by atoms with Gasteiger partial charge in [-0.05, 0) is 25.5 Å². The number of nitrogens with zero attached hydrogens (tertiary/aromatic N) is 1. The molecular formula is C18H26NO6P. The molecule has 3 rings (SSSR count). The molecule has 26 heavy (non-hydrogen) atoms. The molecule has 0 unspecified atom stereocenters. The van der Waals surface area contributed by atoms with Crippen LogP contribution in [0.1, 0.15) is 25.3 Å². The smallest absolute Gasteiger partial charge is 0.410 e. The zero-order valence-electron chi connectivity index (χ0n) is 15.4. The minimum absolute atomic E-state index is 0.0155. The molecule has 0 bridgehead atoms. The molecule has 8 heteroatoms. The second kappa shape index (κ2) is 7.99. The molecule has 1 aromatic rings. The van der Waals surface area contributed by atoms with Crippen molar-refractivity contribution in [1.29, 1.82) is 0 Å². The Kier molecular flexibility index (Phi) is 5.90. The van der Waals surface area contributed by atoms with Gasteiger partial charge in [-0.1, -0.05) is 18.2 Å². The number of fused-ring (bicyclic) bond motifs is 1. The fraction of sp³-hybridized carbons (Fsp3) is 0.611. The summed E-state index contributed by atoms with van der Waals surface area (Å²) in [5.74, 6) is 0.652. The highest BCUT2D eigenvalue weighted by molar-refractivity contribution is 7.53. The SMILES string of the molecule is CCOP(=O)(C[C@H]1[C@H](c2ccccc2OC)CN2C(=O)OC[C@@H]12)OCC. The van der Waals surface area contributed by atoms with E-state index in [2.05, 4.69) is 0 Å². The van der Waals surface area contributed by atoms with E-state index in [0.29, 0.717) is 26.4 Å². The van der Waals surface area contributed by atoms with Crippen LogP contribution >= 0.6 is 7.60 Å². The van der Waals surface area contributed by atoms with Crippen LogP contribution in [0.3, 0.4) is 0 Å². The summed E-state index contributed by atoms with van der Waals surface area (Å²) in [6.07, 6.45) is -0.0742. The molecule has 2 fully saturated rings. The number of cyclic esters (lactones) is 1. The third-order valence-electron chi connectivity index (χ3n) is 5.04. The molecule has 144 valence electrons. The molecule has 0 aliphatic carbocycles. The molecule has 0 radical (unpaired) electrons. The van der Waals surface area contributed by atoms with E-state index in [1.54, 1.807) is 25.9 Å². The lowest BCUT2D eigenvalue weighted by molar-refractivity contribution is 0.157. The van der Waals surface area contributed by atoms with E-state index in [1.807, 2.05) is 24.3 Å². The van der Waals surface area contributed by atoms with Gasteiger partial charge in [0.15, 0.2) is 0 Å². The summed E-state index contributed by atoms with van der Waals surface area (Å²) in [6.45, 7) is 5.03. The van der Waals surface area contributed by atoms with Gasteiger partial charge in [0.25, 0.3) is 0 Å². The summed E-state index contributed by atoms with van der Waals surface area (Å²) in [4.78, 5) is 13.8. The molecule has 0 saturated carbocycles. The topological polar surface area (TPSA) is 74.3 Å². The van der Waals surface area contributed by atoms with Crippen LogP contribution in [-0.4, -0.2) is 56.7 Å². The summed E-state index contributed by atoms with van der Waals surface area (Å²) in [5, 5.41) is 0. The van der Waals surface area contributed by atoms with Gasteiger partial charge in [0.05, 0.1) is 32.5 Å². The first-order chi connectivity index (χ1) is 12.5. The van der Waals surface area contributed by atoms with E-state index in [1.165, 1.54) is 0 Å². The number of hydrogen-bond acceptors (Lipinski definition) is 6. The Morgan fingerprint density at radius 3 is 2.58 bits per heavy atom. The quantitative estimate of drug-likeness (QED) is 0.640. The molecular weight excluding hydrogens is 357 g/mol. The third kappa shape index (κ3) is 3.61. The van der Waals surface area contributed by atoms with E-state index in [0.717, 1.165) is 11.3 Å². The molecule has 3 atom stereocenters. The molecule has 1 amide bonds. The van der Waals surface area contributed by atoms with Crippen LogP contribution < -0.4 is 4.74 Å². The van der Waals surface area contributed by atoms with Crippen molar-refractivity contribution in [1.82, 2.24) is 4.90 Å². The van der Waals surface area contributed by atoms with Crippen molar-refractivity contribution in [2.24, 2.45) is 5.92 Å². The lowest BCUT2D eigenvalue weighted by Gasteiger charge is -2.27. The highest BCUT2D eigenvalue weighted by atomic mass is 31.2. The largest absolute Gasteiger partial charge is 0.496 e. The van der Waals surface area contributed by atoms with Crippen molar-refractivity contribution in [2.45, 2.75) is 25.8 Å². The van der Waals surface area contributed by atoms with Gasteiger partial charge >= 0.3 is 13.7 Å². The second-order valence-electron chi connectivity index (χ2n) is 6.44. The molecule has 0 aromatic heterocycles. The minimum atomic E-state index is -3.25. The number of carbonyl (C=O) groups is 1. The highest BCUT2D eigenvalue weighted by Gasteiger charge is 2.52. The van der Waals surface area contributed by atoms with Crippen molar-refractivity contribution in [3.63, 3.8) is 0 Å². The van der Waals surface area contributed by atoms with Crippen molar-refractivity contribution >= 4 is 13.7 Å². The maximum absolute atomic E-state index is 13.2. The summed E-state index contributed by atoms with van der Waals surface area (Å²) in [7, 11) is -1.62. The van der Waals surface area contributed by atoms with Crippen LogP contribution in [0.4, 0.5) is 4.79 Å². The van der Waals surface area contributed by atoms with Gasteiger partial charge in [0.1, 0.15) is 12.4 Å². The highest BCUT2D eigenvalue weighted by Crippen LogP contribution is 2.55. The summed E-state index contributed by atoms with van der Waals surface area (Å²) in [5.41, 5.74) is 1.00. The van der Waals surface area contributed by atoms with Crippen LogP contribution in [-0.2, 0) is 18.3 Å². The van der Waals surface area contributed by atoms with E-state index < -0.39 is 7.60 Å². The third-order valence-corrected chi connectivity index (χ3v) is 7.21. The lowest BCUT2D eigenvalue weighted by atomic mass is 9.86. The molecule has 2 saturated heterocycles. The van der Waals surface area contributed by atoms with Gasteiger partial charge in [-0.15, -0.1) is 0 Å². The average Bonchev–Trinajstić information content (AvgIpc) is 3.16. The molecule has 0 N–H and O–H groups in total. The molecule has 2 aliphatic rings. The Balaban J connectivity index is 1.94. The predicted molar refractivity (Wildman–Crippen MR) is 96.8 cm³/mol. The van der Waals surface area contributed by atoms with Gasteiger partial charge < -0.3 is 23.4 Å². The fourth-order valence-corrected chi connectivity index (χ4v) is 6.08. The van der Waals surface area contributed by atoms with Crippen molar-refractivity contribution in [3.05, 3.63) is 29.8 Å². The Morgan fingerprint density at radius 2 is 1.92 bits per heavy atom. The maximum Gasteiger partial charge on any atom is 0.410 e. The average molecular weight is 383 g/mol. The van der Waals surface area contributed by atoms with Crippen LogP contribution in [0.5, 0.6) is 5.75 Å². The minimum Gasteiger partial charge on any atom is -0.496 e. The number of ether oxygens (including phenoxy) is 2. The van der Waals surface area contributed by atoms with E-state index >= 15 is 0 Å². The van der Waals surface area contributed by atoms with Gasteiger partial charge in [-0.25, -0.2) is 4.79 Å². The maximum atomic E-state index is 13.2. The van der Waals surface area contributed by atoms with Crippen LogP contribution in [0.25, 0.3) is 0 Å². The normalized spacial score (nSPS) is 25.3. The summed E-state index contributed by atoms with van der Waals surface area (Å²) >= 11 is 0. The number of methoxy groups -OCH3 is 1. The Bertz CT molecular complexity index is 686. The fourth-order valence-electron chi connectivity index (χ4n) is 3.99. The van der Waals surface area contributed by atoms with Crippen LogP contribution in [0, 0.1) is 5.92 Å². The second-order valence-corrected chi connectivity index (χ2v) is 8.54. The van der Waals surface area contributed by atoms with Gasteiger partial charge in [-0.3, -0.25) is 4.57 Å². The van der Waals surface area contributed by atoms with E-state index in [4.69, 9.17) is 18.5 Å². The summed E-state index contributed by atoms with van der Waals surface area (Å²) < 4.78 is 34.9. The molecule has 7 nitrogen and oxygen atoms in total. The Morgan fingerprint density at radius 1 is 1.23 bits per heavy atom. The Hall–Kier alpha value is -1.56. The van der Waals surface area contributed by atoms with Crippen LogP contribution in [0.15, 0.2) is 24.3 Å². The Labute approximate surface area is 154 Å². The van der Waals surface area contributed by atoms with E-state index in [9.17, 15) is 9.36 Å². The first kappa shape index (κ1) is 19.2. The number of carbonyl (C=O) groups excluding carboxylic acids is 1. The number of benzene rings is 1. The van der Waals surface area contributed by atoms with Gasteiger partial charge in [0.2, 0.25) is 0 Å². The molecule has 1 aromatic carbocycles. The van der Waals surface area contributed by atoms with Gasteiger partial charge in [-0.2, -0.15) is 0 Å². The zero-order valence-corrected chi connectivity index (χ0v) is 16.3. The summed E-state index contributed by atoms with van der Waals surface area (Å²) in [6, 6.07) is 7.62. The molecule has 2 aliphatic heterocycles. The van der Waals surface area contributed by atoms with Gasteiger partial charge in [0, 0.05) is 18.4 Å². The van der Waals surface area contributed by atoms with Crippen molar-refractivity contribution < 1.29 is 27.9 Å². The number of amides is 1. The predicted octanol–water partition coefficient (Wildman–Crippen LogP) is 3.50. The number of para-hydroxylation sites is 1. The van der Waals surface area contributed by atoms with Crippen molar-refractivity contribution in [2.75, 3.05) is 39.6 Å².